The zero-order valence-electron chi connectivity index (χ0n) is 13.1. The quantitative estimate of drug-likeness (QED) is 0.719. The van der Waals surface area contributed by atoms with Crippen LogP contribution in [0.25, 0.3) is 0 Å². The number of anilines is 1. The predicted molar refractivity (Wildman–Crippen MR) is 90.9 cm³/mol. The third-order valence-electron chi connectivity index (χ3n) is 3.26. The molecule has 0 heterocycles. The van der Waals surface area contributed by atoms with Gasteiger partial charge < -0.3 is 10.1 Å². The Kier molecular flexibility index (Phi) is 6.09. The molecule has 25 heavy (non-hydrogen) atoms. The first-order valence-corrected chi connectivity index (χ1v) is 7.67. The molecule has 0 saturated heterocycles. The van der Waals surface area contributed by atoms with Crippen LogP contribution >= 0.6 is 11.6 Å². The second-order valence-corrected chi connectivity index (χ2v) is 5.54. The van der Waals surface area contributed by atoms with E-state index in [9.17, 15) is 18.0 Å². The van der Waals surface area contributed by atoms with Crippen LogP contribution in [0.1, 0.15) is 11.1 Å². The predicted octanol–water partition coefficient (Wildman–Crippen LogP) is 5.10. The lowest BCUT2D eigenvalue weighted by Gasteiger charge is -2.13. The number of hydrogen-bond acceptors (Lipinski definition) is 2. The number of carbonyl (C=O) groups is 1. The monoisotopic (exact) mass is 369 g/mol. The van der Waals surface area contributed by atoms with E-state index < -0.39 is 17.6 Å². The molecule has 3 nitrogen and oxygen atoms in total. The molecule has 0 fully saturated rings. The molecule has 0 aromatic heterocycles. The molecule has 0 radical (unpaired) electrons. The van der Waals surface area contributed by atoms with Crippen LogP contribution in [-0.2, 0) is 17.4 Å². The van der Waals surface area contributed by atoms with Crippen LogP contribution in [0.2, 0.25) is 5.02 Å². The fourth-order valence-corrected chi connectivity index (χ4v) is 2.26. The summed E-state index contributed by atoms with van der Waals surface area (Å²) in [7, 11) is 0. The molecular formula is C18H15ClF3NO2. The van der Waals surface area contributed by atoms with E-state index in [-0.39, 0.29) is 17.3 Å². The Morgan fingerprint density at radius 1 is 1.24 bits per heavy atom. The van der Waals surface area contributed by atoms with Gasteiger partial charge in [-0.15, -0.1) is 6.58 Å². The molecule has 1 N–H and O–H groups in total. The van der Waals surface area contributed by atoms with Crippen LogP contribution in [0.3, 0.4) is 0 Å². The summed E-state index contributed by atoms with van der Waals surface area (Å²) >= 11 is 5.84. The van der Waals surface area contributed by atoms with Crippen molar-refractivity contribution in [3.05, 3.63) is 71.3 Å². The van der Waals surface area contributed by atoms with Gasteiger partial charge >= 0.3 is 6.18 Å². The highest BCUT2D eigenvalue weighted by molar-refractivity contribution is 6.33. The van der Waals surface area contributed by atoms with Crippen molar-refractivity contribution >= 4 is 23.2 Å². The maximum absolute atomic E-state index is 12.7. The van der Waals surface area contributed by atoms with E-state index in [0.29, 0.717) is 12.2 Å². The number of nitrogens with one attached hydrogen (secondary N) is 1. The third kappa shape index (κ3) is 5.26. The number of para-hydroxylation sites is 1. The number of carbonyl (C=O) groups excluding carboxylic acids is 1. The Morgan fingerprint density at radius 3 is 2.64 bits per heavy atom. The molecule has 0 saturated carbocycles. The average Bonchev–Trinajstić information content (AvgIpc) is 2.55. The van der Waals surface area contributed by atoms with Crippen LogP contribution in [0, 0.1) is 0 Å². The maximum atomic E-state index is 12.7. The SMILES string of the molecule is C=CCc1ccccc1OCC(=O)Nc1cc(C(F)(F)F)ccc1Cl. The summed E-state index contributed by atoms with van der Waals surface area (Å²) in [6.45, 7) is 3.28. The van der Waals surface area contributed by atoms with Gasteiger partial charge in [0.1, 0.15) is 5.75 Å². The molecule has 1 amide bonds. The average molecular weight is 370 g/mol. The minimum absolute atomic E-state index is 0.00778. The molecule has 2 aromatic carbocycles. The number of ether oxygens (including phenoxy) is 1. The minimum atomic E-state index is -4.52. The van der Waals surface area contributed by atoms with Gasteiger partial charge in [-0.2, -0.15) is 13.2 Å². The van der Waals surface area contributed by atoms with Gasteiger partial charge in [0, 0.05) is 0 Å². The summed E-state index contributed by atoms with van der Waals surface area (Å²) < 4.78 is 43.6. The van der Waals surface area contributed by atoms with Crippen molar-refractivity contribution in [3.8, 4) is 5.75 Å². The highest BCUT2D eigenvalue weighted by Gasteiger charge is 2.31. The Morgan fingerprint density at radius 2 is 1.96 bits per heavy atom. The molecule has 0 aliphatic rings. The van der Waals surface area contributed by atoms with Crippen molar-refractivity contribution in [1.82, 2.24) is 0 Å². The van der Waals surface area contributed by atoms with Crippen LogP contribution in [0.15, 0.2) is 55.1 Å². The second-order valence-electron chi connectivity index (χ2n) is 5.13. The van der Waals surface area contributed by atoms with Gasteiger partial charge in [0.05, 0.1) is 16.3 Å². The van der Waals surface area contributed by atoms with E-state index in [1.165, 1.54) is 0 Å². The van der Waals surface area contributed by atoms with E-state index >= 15 is 0 Å². The number of rotatable bonds is 6. The van der Waals surface area contributed by atoms with E-state index in [0.717, 1.165) is 23.8 Å². The smallest absolute Gasteiger partial charge is 0.416 e. The summed E-state index contributed by atoms with van der Waals surface area (Å²) in [4.78, 5) is 12.0. The number of alkyl halides is 3. The van der Waals surface area contributed by atoms with Gasteiger partial charge in [0.15, 0.2) is 6.61 Å². The fourth-order valence-electron chi connectivity index (χ4n) is 2.10. The van der Waals surface area contributed by atoms with Crippen molar-refractivity contribution in [1.29, 1.82) is 0 Å². The van der Waals surface area contributed by atoms with Crippen LogP contribution in [0.5, 0.6) is 5.75 Å². The van der Waals surface area contributed by atoms with Gasteiger partial charge in [0.2, 0.25) is 0 Å². The van der Waals surface area contributed by atoms with Gasteiger partial charge in [-0.05, 0) is 36.2 Å². The molecule has 2 aromatic rings. The van der Waals surface area contributed by atoms with E-state index in [4.69, 9.17) is 16.3 Å². The summed E-state index contributed by atoms with van der Waals surface area (Å²) in [6, 6.07) is 9.83. The number of amides is 1. The molecule has 2 rings (SSSR count). The number of benzene rings is 2. The highest BCUT2D eigenvalue weighted by Crippen LogP contribution is 2.33. The van der Waals surface area contributed by atoms with Gasteiger partial charge in [0.25, 0.3) is 5.91 Å². The van der Waals surface area contributed by atoms with E-state index in [1.54, 1.807) is 18.2 Å². The topological polar surface area (TPSA) is 38.3 Å². The number of allylic oxidation sites excluding steroid dienone is 1. The fraction of sp³-hybridized carbons (Fsp3) is 0.167. The highest BCUT2D eigenvalue weighted by atomic mass is 35.5. The lowest BCUT2D eigenvalue weighted by molar-refractivity contribution is -0.137. The summed E-state index contributed by atoms with van der Waals surface area (Å²) in [5.74, 6) is -0.109. The van der Waals surface area contributed by atoms with Gasteiger partial charge in [-0.3, -0.25) is 4.79 Å². The summed E-state index contributed by atoms with van der Waals surface area (Å²) in [5.41, 5.74) is -0.170. The van der Waals surface area contributed by atoms with E-state index in [2.05, 4.69) is 11.9 Å². The van der Waals surface area contributed by atoms with Crippen LogP contribution in [-0.4, -0.2) is 12.5 Å². The maximum Gasteiger partial charge on any atom is 0.416 e. The largest absolute Gasteiger partial charge is 0.483 e. The Hall–Kier alpha value is -2.47. The minimum Gasteiger partial charge on any atom is -0.483 e. The molecular weight excluding hydrogens is 355 g/mol. The van der Waals surface area contributed by atoms with Gasteiger partial charge in [-0.1, -0.05) is 35.9 Å². The summed E-state index contributed by atoms with van der Waals surface area (Å²) in [6.07, 6.45) is -2.26. The van der Waals surface area contributed by atoms with Gasteiger partial charge in [-0.25, -0.2) is 0 Å². The lowest BCUT2D eigenvalue weighted by Crippen LogP contribution is -2.21. The Bertz CT molecular complexity index is 775. The molecule has 0 spiro atoms. The third-order valence-corrected chi connectivity index (χ3v) is 3.59. The Balaban J connectivity index is 2.05. The zero-order chi connectivity index (χ0) is 18.4. The van der Waals surface area contributed by atoms with Crippen molar-refractivity contribution in [2.24, 2.45) is 0 Å². The van der Waals surface area contributed by atoms with Crippen molar-refractivity contribution in [2.45, 2.75) is 12.6 Å². The molecule has 0 atom stereocenters. The summed E-state index contributed by atoms with van der Waals surface area (Å²) in [5, 5.41) is 2.34. The standard InChI is InChI=1S/C18H15ClF3NO2/c1-2-5-12-6-3-4-7-16(12)25-11-17(24)23-15-10-13(18(20,21)22)8-9-14(15)19/h2-4,6-10H,1,5,11H2,(H,23,24). The first-order chi connectivity index (χ1) is 11.8. The second kappa shape index (κ2) is 8.07. The zero-order valence-corrected chi connectivity index (χ0v) is 13.8. The molecule has 0 aliphatic heterocycles. The molecule has 7 heteroatoms. The van der Waals surface area contributed by atoms with Crippen molar-refractivity contribution < 1.29 is 22.7 Å². The number of halogens is 4. The lowest BCUT2D eigenvalue weighted by atomic mass is 10.1. The van der Waals surface area contributed by atoms with Crippen molar-refractivity contribution in [2.75, 3.05) is 11.9 Å². The molecule has 0 unspecified atom stereocenters. The first-order valence-electron chi connectivity index (χ1n) is 7.29. The molecule has 132 valence electrons. The molecule has 0 aliphatic carbocycles. The van der Waals surface area contributed by atoms with Crippen LogP contribution < -0.4 is 10.1 Å². The first kappa shape index (κ1) is 18.9. The van der Waals surface area contributed by atoms with Crippen LogP contribution in [0.4, 0.5) is 18.9 Å². The normalized spacial score (nSPS) is 11.0. The Labute approximate surface area is 148 Å². The number of hydrogen-bond donors (Lipinski definition) is 1. The van der Waals surface area contributed by atoms with Crippen molar-refractivity contribution in [3.63, 3.8) is 0 Å². The molecule has 0 bridgehead atoms. The van der Waals surface area contributed by atoms with E-state index in [1.807, 2.05) is 12.1 Å².